The fraction of sp³-hybridized carbons (Fsp3) is 0.368. The molecule has 1 N–H and O–H groups in total. The SMILES string of the molecule is COC(=O)C1(C)CCc2cc3ccccc3n2C1.Cc1cc(S(C)(=O)=O)ccc1Cc1c2n(c3ccccc13)CC(C)(C(=O)O)CC2. The van der Waals surface area contributed by atoms with Gasteiger partial charge in [-0.3, -0.25) is 9.59 Å². The van der Waals surface area contributed by atoms with Crippen molar-refractivity contribution in [2.24, 2.45) is 10.8 Å². The predicted octanol–water partition coefficient (Wildman–Crippen LogP) is 6.75. The molecule has 0 amide bonds. The molecule has 0 saturated heterocycles. The van der Waals surface area contributed by atoms with Crippen LogP contribution in [0.25, 0.3) is 21.8 Å². The van der Waals surface area contributed by atoms with Crippen molar-refractivity contribution in [1.29, 1.82) is 0 Å². The minimum atomic E-state index is -3.23. The molecule has 0 saturated carbocycles. The number of hydrogen-bond donors (Lipinski definition) is 1. The molecule has 0 radical (unpaired) electrons. The highest BCUT2D eigenvalue weighted by Crippen LogP contribution is 2.40. The number of sulfone groups is 1. The molecule has 2 atom stereocenters. The first kappa shape index (κ1) is 32.6. The molecule has 0 bridgehead atoms. The van der Waals surface area contributed by atoms with Crippen LogP contribution in [0.1, 0.15) is 54.8 Å². The molecule has 2 aromatic heterocycles. The van der Waals surface area contributed by atoms with Crippen molar-refractivity contribution in [3.8, 4) is 0 Å². The number of fused-ring (bicyclic) bond motifs is 6. The van der Waals surface area contributed by atoms with Gasteiger partial charge in [-0.05, 0) is 98.9 Å². The van der Waals surface area contributed by atoms with Gasteiger partial charge in [0.2, 0.25) is 0 Å². The summed E-state index contributed by atoms with van der Waals surface area (Å²) in [5.74, 6) is -0.861. The minimum absolute atomic E-state index is 0.106. The van der Waals surface area contributed by atoms with E-state index in [-0.39, 0.29) is 5.97 Å². The number of ether oxygens (including phenoxy) is 1. The van der Waals surface area contributed by atoms with Gasteiger partial charge < -0.3 is 19.0 Å². The molecule has 0 spiro atoms. The number of para-hydroxylation sites is 2. The average molecular weight is 655 g/mol. The van der Waals surface area contributed by atoms with Crippen LogP contribution in [0.3, 0.4) is 0 Å². The molecule has 8 nitrogen and oxygen atoms in total. The Labute approximate surface area is 275 Å². The summed E-state index contributed by atoms with van der Waals surface area (Å²) in [4.78, 5) is 24.1. The lowest BCUT2D eigenvalue weighted by Gasteiger charge is -2.32. The minimum Gasteiger partial charge on any atom is -0.481 e. The third-order valence-corrected chi connectivity index (χ3v) is 11.4. The van der Waals surface area contributed by atoms with Crippen molar-refractivity contribution in [3.63, 3.8) is 0 Å². The fourth-order valence-corrected chi connectivity index (χ4v) is 7.99. The second kappa shape index (κ2) is 12.0. The van der Waals surface area contributed by atoms with Gasteiger partial charge in [-0.1, -0.05) is 42.5 Å². The van der Waals surface area contributed by atoms with Gasteiger partial charge in [-0.25, -0.2) is 8.42 Å². The molecule has 5 aromatic rings. The molecule has 7 rings (SSSR count). The first-order valence-corrected chi connectivity index (χ1v) is 17.9. The quantitative estimate of drug-likeness (QED) is 0.210. The maximum atomic E-state index is 11.9. The van der Waals surface area contributed by atoms with Gasteiger partial charge in [0.05, 0.1) is 22.8 Å². The monoisotopic (exact) mass is 654 g/mol. The molecule has 47 heavy (non-hydrogen) atoms. The second-order valence-corrected chi connectivity index (χ2v) is 15.8. The Balaban J connectivity index is 0.000000183. The van der Waals surface area contributed by atoms with Crippen LogP contribution >= 0.6 is 0 Å². The van der Waals surface area contributed by atoms with Crippen molar-refractivity contribution >= 4 is 43.6 Å². The van der Waals surface area contributed by atoms with E-state index in [1.54, 1.807) is 12.1 Å². The molecular weight excluding hydrogens is 612 g/mol. The molecule has 2 unspecified atom stereocenters. The lowest BCUT2D eigenvalue weighted by atomic mass is 9.81. The topological polar surface area (TPSA) is 108 Å². The number of nitrogens with zero attached hydrogens (tertiary/aromatic N) is 2. The number of carbonyl (C=O) groups is 2. The zero-order valence-electron chi connectivity index (χ0n) is 27.7. The van der Waals surface area contributed by atoms with Crippen LogP contribution in [0, 0.1) is 17.8 Å². The van der Waals surface area contributed by atoms with Gasteiger partial charge in [-0.15, -0.1) is 0 Å². The number of carboxylic acid groups (broad SMARTS) is 1. The first-order valence-electron chi connectivity index (χ1n) is 16.0. The Kier molecular flexibility index (Phi) is 8.32. The predicted molar refractivity (Wildman–Crippen MR) is 183 cm³/mol. The van der Waals surface area contributed by atoms with Gasteiger partial charge in [0.15, 0.2) is 9.84 Å². The Morgan fingerprint density at radius 1 is 0.872 bits per heavy atom. The maximum Gasteiger partial charge on any atom is 0.313 e. The van der Waals surface area contributed by atoms with Crippen LogP contribution in [0.2, 0.25) is 0 Å². The van der Waals surface area contributed by atoms with Crippen molar-refractivity contribution in [3.05, 3.63) is 101 Å². The number of methoxy groups -OCH3 is 1. The van der Waals surface area contributed by atoms with E-state index in [0.29, 0.717) is 37.2 Å². The number of rotatable bonds is 5. The average Bonchev–Trinajstić information content (AvgIpc) is 3.56. The zero-order valence-corrected chi connectivity index (χ0v) is 28.5. The van der Waals surface area contributed by atoms with E-state index >= 15 is 0 Å². The number of aryl methyl sites for hydroxylation is 2. The summed E-state index contributed by atoms with van der Waals surface area (Å²) in [5.41, 5.74) is 6.86. The lowest BCUT2D eigenvalue weighted by molar-refractivity contribution is -0.153. The highest BCUT2D eigenvalue weighted by atomic mass is 32.2. The summed E-state index contributed by atoms with van der Waals surface area (Å²) in [6.07, 6.45) is 5.03. The number of aromatic nitrogens is 2. The van der Waals surface area contributed by atoms with Gasteiger partial charge in [0.1, 0.15) is 0 Å². The summed E-state index contributed by atoms with van der Waals surface area (Å²) in [6, 6.07) is 24.0. The van der Waals surface area contributed by atoms with Gasteiger partial charge in [-0.2, -0.15) is 0 Å². The van der Waals surface area contributed by atoms with Crippen molar-refractivity contribution in [2.75, 3.05) is 13.4 Å². The molecular formula is C38H42N2O6S. The highest BCUT2D eigenvalue weighted by Gasteiger charge is 2.39. The van der Waals surface area contributed by atoms with Crippen LogP contribution in [-0.2, 0) is 56.5 Å². The number of hydrogen-bond acceptors (Lipinski definition) is 5. The van der Waals surface area contributed by atoms with E-state index in [0.717, 1.165) is 34.9 Å². The Hall–Kier alpha value is -4.37. The standard InChI is InChI=1S/C23H25NO4S.C15H17NO2/c1-15-12-17(29(3,27)28)9-8-16(15)13-19-18-6-4-5-7-20(18)24-14-23(2,22(25)26)11-10-21(19)24;1-15(14(17)18-2)8-7-12-9-11-5-3-4-6-13(11)16(12)10-15/h4-9,12H,10-11,13-14H2,1-3H3,(H,25,26);3-6,9H,7-8,10H2,1-2H3. The number of esters is 1. The molecule has 0 fully saturated rings. The Morgan fingerprint density at radius 3 is 2.21 bits per heavy atom. The van der Waals surface area contributed by atoms with E-state index in [4.69, 9.17) is 4.74 Å². The van der Waals surface area contributed by atoms with E-state index in [9.17, 15) is 23.1 Å². The van der Waals surface area contributed by atoms with Crippen LogP contribution in [0.15, 0.2) is 77.7 Å². The normalized spacial score (nSPS) is 20.6. The second-order valence-electron chi connectivity index (χ2n) is 13.8. The maximum absolute atomic E-state index is 11.9. The molecule has 246 valence electrons. The molecule has 0 aliphatic carbocycles. The Bertz CT molecular complexity index is 2140. The van der Waals surface area contributed by atoms with E-state index in [1.165, 1.54) is 41.2 Å². The van der Waals surface area contributed by atoms with E-state index in [2.05, 4.69) is 39.5 Å². The van der Waals surface area contributed by atoms with Crippen LogP contribution in [0.5, 0.6) is 0 Å². The first-order chi connectivity index (χ1) is 22.2. The molecule has 9 heteroatoms. The third-order valence-electron chi connectivity index (χ3n) is 10.3. The van der Waals surface area contributed by atoms with Gasteiger partial charge in [0, 0.05) is 53.6 Å². The molecule has 2 aliphatic heterocycles. The molecule has 4 heterocycles. The van der Waals surface area contributed by atoms with Crippen LogP contribution in [0.4, 0.5) is 0 Å². The highest BCUT2D eigenvalue weighted by molar-refractivity contribution is 7.90. The molecule has 2 aliphatic rings. The summed E-state index contributed by atoms with van der Waals surface area (Å²) >= 11 is 0. The van der Waals surface area contributed by atoms with E-state index < -0.39 is 26.6 Å². The molecule has 3 aromatic carbocycles. The van der Waals surface area contributed by atoms with Gasteiger partial charge in [0.25, 0.3) is 0 Å². The van der Waals surface area contributed by atoms with Crippen molar-refractivity contribution in [2.45, 2.75) is 70.9 Å². The summed E-state index contributed by atoms with van der Waals surface area (Å²) in [7, 11) is -1.76. The van der Waals surface area contributed by atoms with Crippen LogP contribution < -0.4 is 0 Å². The number of benzene rings is 3. The zero-order chi connectivity index (χ0) is 33.7. The Morgan fingerprint density at radius 2 is 1.53 bits per heavy atom. The lowest BCUT2D eigenvalue weighted by Crippen LogP contribution is -2.37. The number of carbonyl (C=O) groups excluding carboxylic acids is 1. The third kappa shape index (κ3) is 5.97. The van der Waals surface area contributed by atoms with Crippen molar-refractivity contribution in [1.82, 2.24) is 9.13 Å². The smallest absolute Gasteiger partial charge is 0.313 e. The van der Waals surface area contributed by atoms with Crippen molar-refractivity contribution < 1.29 is 27.9 Å². The van der Waals surface area contributed by atoms with Crippen LogP contribution in [-0.4, -0.2) is 48.0 Å². The number of carboxylic acids is 1. The summed E-state index contributed by atoms with van der Waals surface area (Å²) < 4.78 is 33.1. The largest absolute Gasteiger partial charge is 0.481 e. The number of aliphatic carboxylic acids is 1. The summed E-state index contributed by atoms with van der Waals surface area (Å²) in [5, 5.41) is 12.1. The summed E-state index contributed by atoms with van der Waals surface area (Å²) in [6.45, 7) is 6.93. The van der Waals surface area contributed by atoms with E-state index in [1.807, 2.05) is 51.1 Å². The fourth-order valence-electron chi connectivity index (χ4n) is 7.28. The van der Waals surface area contributed by atoms with Gasteiger partial charge >= 0.3 is 11.9 Å².